The second-order valence-electron chi connectivity index (χ2n) is 7.05. The lowest BCUT2D eigenvalue weighted by Gasteiger charge is -2.41. The molecule has 1 amide bonds. The molecule has 0 bridgehead atoms. The van der Waals surface area contributed by atoms with Gasteiger partial charge in [-0.05, 0) is 29.3 Å². The second kappa shape index (κ2) is 7.75. The molecule has 6 nitrogen and oxygen atoms in total. The summed E-state index contributed by atoms with van der Waals surface area (Å²) in [5, 5.41) is 11.6. The largest absolute Gasteiger partial charge is 0.300 e. The number of hydrogen-bond acceptors (Lipinski definition) is 4. The van der Waals surface area contributed by atoms with Crippen molar-refractivity contribution >= 4 is 24.0 Å². The van der Waals surface area contributed by atoms with E-state index in [2.05, 4.69) is 0 Å². The molecular formula is C24H18N2O4. The Labute approximate surface area is 173 Å². The number of benzene rings is 3. The van der Waals surface area contributed by atoms with E-state index in [9.17, 15) is 19.7 Å². The first-order valence-electron chi connectivity index (χ1n) is 9.42. The van der Waals surface area contributed by atoms with Crippen LogP contribution in [0.15, 0.2) is 85.1 Å². The van der Waals surface area contributed by atoms with Gasteiger partial charge in [-0.2, -0.15) is 0 Å². The van der Waals surface area contributed by atoms with Crippen LogP contribution in [0.4, 0.5) is 5.69 Å². The van der Waals surface area contributed by atoms with Crippen LogP contribution in [0, 0.1) is 10.1 Å². The van der Waals surface area contributed by atoms with Gasteiger partial charge in [-0.3, -0.25) is 19.8 Å². The normalized spacial score (nSPS) is 17.3. The van der Waals surface area contributed by atoms with Crippen LogP contribution in [-0.2, 0) is 16.8 Å². The van der Waals surface area contributed by atoms with Crippen LogP contribution in [-0.4, -0.2) is 22.0 Å². The third-order valence-corrected chi connectivity index (χ3v) is 5.34. The Bertz CT molecular complexity index is 1160. The van der Waals surface area contributed by atoms with Crippen LogP contribution in [0.3, 0.4) is 0 Å². The monoisotopic (exact) mass is 398 g/mol. The van der Waals surface area contributed by atoms with Gasteiger partial charge in [-0.25, -0.2) is 0 Å². The van der Waals surface area contributed by atoms with Gasteiger partial charge in [0.2, 0.25) is 0 Å². The fourth-order valence-electron chi connectivity index (χ4n) is 3.89. The van der Waals surface area contributed by atoms with Crippen LogP contribution in [0.2, 0.25) is 0 Å². The van der Waals surface area contributed by atoms with Gasteiger partial charge in [0, 0.05) is 29.8 Å². The summed E-state index contributed by atoms with van der Waals surface area (Å²) < 4.78 is 0. The number of rotatable bonds is 5. The molecule has 6 heteroatoms. The van der Waals surface area contributed by atoms with Crippen molar-refractivity contribution in [1.29, 1.82) is 0 Å². The number of nitro groups is 1. The van der Waals surface area contributed by atoms with E-state index in [0.717, 1.165) is 5.56 Å². The molecule has 0 radical (unpaired) electrons. The van der Waals surface area contributed by atoms with E-state index in [1.807, 2.05) is 12.1 Å². The summed E-state index contributed by atoms with van der Waals surface area (Å²) in [6, 6.07) is 22.2. The zero-order valence-corrected chi connectivity index (χ0v) is 16.0. The Kier molecular flexibility index (Phi) is 4.98. The predicted octanol–water partition coefficient (Wildman–Crippen LogP) is 4.36. The molecule has 1 unspecified atom stereocenters. The second-order valence-corrected chi connectivity index (χ2v) is 7.05. The topological polar surface area (TPSA) is 80.5 Å². The van der Waals surface area contributed by atoms with E-state index in [1.54, 1.807) is 72.9 Å². The first-order chi connectivity index (χ1) is 14.6. The van der Waals surface area contributed by atoms with Gasteiger partial charge in [0.25, 0.3) is 11.6 Å². The highest BCUT2D eigenvalue weighted by atomic mass is 16.6. The summed E-state index contributed by atoms with van der Waals surface area (Å²) in [5.41, 5.74) is 0.730. The number of carbonyl (C=O) groups is 2. The lowest BCUT2D eigenvalue weighted by molar-refractivity contribution is -0.385. The maximum absolute atomic E-state index is 13.4. The van der Waals surface area contributed by atoms with E-state index >= 15 is 0 Å². The Balaban J connectivity index is 1.90. The molecule has 3 aromatic carbocycles. The zero-order chi connectivity index (χ0) is 21.1. The number of hydrogen-bond donors (Lipinski definition) is 0. The van der Waals surface area contributed by atoms with Crippen LogP contribution in [0.1, 0.15) is 27.0 Å². The van der Waals surface area contributed by atoms with Gasteiger partial charge in [0.15, 0.2) is 6.29 Å². The number of fused-ring (bicyclic) bond motifs is 1. The number of nitro benzene ring substituents is 1. The molecule has 0 N–H and O–H groups in total. The van der Waals surface area contributed by atoms with Gasteiger partial charge in [-0.15, -0.1) is 0 Å². The van der Waals surface area contributed by atoms with E-state index < -0.39 is 10.5 Å². The molecule has 4 rings (SSSR count). The summed E-state index contributed by atoms with van der Waals surface area (Å²) in [7, 11) is 0. The van der Waals surface area contributed by atoms with Crippen molar-refractivity contribution < 1.29 is 14.5 Å². The summed E-state index contributed by atoms with van der Waals surface area (Å²) >= 11 is 0. The molecule has 0 aromatic heterocycles. The number of aldehydes is 1. The summed E-state index contributed by atoms with van der Waals surface area (Å²) in [6.07, 6.45) is 4.05. The number of para-hydroxylation sites is 1. The predicted molar refractivity (Wildman–Crippen MR) is 113 cm³/mol. The molecule has 0 saturated carbocycles. The van der Waals surface area contributed by atoms with Gasteiger partial charge in [-0.1, -0.05) is 60.7 Å². The maximum Gasteiger partial charge on any atom is 0.272 e. The fourth-order valence-corrected chi connectivity index (χ4v) is 3.89. The standard InChI is InChI=1S/C24H18N2O4/c27-17-24(16-20-11-5-7-13-22(20)26(29)30)21-12-6-4-8-18(21)14-15-25(24)23(28)19-9-2-1-3-10-19/h1-15,17H,16H2. The van der Waals surface area contributed by atoms with E-state index in [4.69, 9.17) is 0 Å². The molecule has 30 heavy (non-hydrogen) atoms. The van der Waals surface area contributed by atoms with Gasteiger partial charge >= 0.3 is 0 Å². The highest BCUT2D eigenvalue weighted by molar-refractivity contribution is 5.99. The van der Waals surface area contributed by atoms with Crippen molar-refractivity contribution in [2.75, 3.05) is 0 Å². The molecule has 1 atom stereocenters. The first kappa shape index (κ1) is 19.3. The number of nitrogens with zero attached hydrogens (tertiary/aromatic N) is 2. The first-order valence-corrected chi connectivity index (χ1v) is 9.42. The van der Waals surface area contributed by atoms with Crippen molar-refractivity contribution in [3.05, 3.63) is 117 Å². The van der Waals surface area contributed by atoms with Crippen LogP contribution in [0.25, 0.3) is 6.08 Å². The highest BCUT2D eigenvalue weighted by Crippen LogP contribution is 2.40. The smallest absolute Gasteiger partial charge is 0.272 e. The van der Waals surface area contributed by atoms with Gasteiger partial charge in [0.1, 0.15) is 5.54 Å². The third-order valence-electron chi connectivity index (χ3n) is 5.34. The molecule has 1 heterocycles. The van der Waals surface area contributed by atoms with Crippen molar-refractivity contribution in [2.45, 2.75) is 12.0 Å². The van der Waals surface area contributed by atoms with Crippen molar-refractivity contribution in [3.63, 3.8) is 0 Å². The van der Waals surface area contributed by atoms with Crippen molar-refractivity contribution in [2.24, 2.45) is 0 Å². The van der Waals surface area contributed by atoms with Crippen molar-refractivity contribution in [1.82, 2.24) is 4.90 Å². The summed E-state index contributed by atoms with van der Waals surface area (Å²) in [6.45, 7) is 0. The average molecular weight is 398 g/mol. The van der Waals surface area contributed by atoms with Gasteiger partial charge < -0.3 is 4.79 Å². The highest BCUT2D eigenvalue weighted by Gasteiger charge is 2.45. The van der Waals surface area contributed by atoms with Gasteiger partial charge in [0.05, 0.1) is 4.92 Å². The zero-order valence-electron chi connectivity index (χ0n) is 16.0. The maximum atomic E-state index is 13.4. The minimum absolute atomic E-state index is 0.0203. The third kappa shape index (κ3) is 3.18. The molecule has 148 valence electrons. The Morgan fingerprint density at radius 3 is 2.37 bits per heavy atom. The summed E-state index contributed by atoms with van der Waals surface area (Å²) in [5.74, 6) is -0.355. The van der Waals surface area contributed by atoms with Crippen LogP contribution in [0.5, 0.6) is 0 Å². The lowest BCUT2D eigenvalue weighted by Crippen LogP contribution is -2.51. The van der Waals surface area contributed by atoms with E-state index in [0.29, 0.717) is 23.0 Å². The van der Waals surface area contributed by atoms with E-state index in [1.165, 1.54) is 11.0 Å². The molecule has 0 spiro atoms. The Morgan fingerprint density at radius 2 is 1.63 bits per heavy atom. The minimum Gasteiger partial charge on any atom is -0.300 e. The van der Waals surface area contributed by atoms with Crippen LogP contribution >= 0.6 is 0 Å². The number of amides is 1. The van der Waals surface area contributed by atoms with Crippen LogP contribution < -0.4 is 0 Å². The minimum atomic E-state index is -1.41. The Hall–Kier alpha value is -4.06. The summed E-state index contributed by atoms with van der Waals surface area (Å²) in [4.78, 5) is 38.5. The Morgan fingerprint density at radius 1 is 0.967 bits per heavy atom. The average Bonchev–Trinajstić information content (AvgIpc) is 2.79. The fraction of sp³-hybridized carbons (Fsp3) is 0.0833. The molecule has 3 aromatic rings. The quantitative estimate of drug-likeness (QED) is 0.363. The van der Waals surface area contributed by atoms with E-state index in [-0.39, 0.29) is 18.0 Å². The number of carbonyl (C=O) groups excluding carboxylic acids is 2. The molecule has 1 aliphatic heterocycles. The molecule has 1 aliphatic rings. The molecule has 0 saturated heterocycles. The molecule has 0 aliphatic carbocycles. The molecular weight excluding hydrogens is 380 g/mol. The van der Waals surface area contributed by atoms with Crippen molar-refractivity contribution in [3.8, 4) is 0 Å². The molecule has 0 fully saturated rings. The lowest BCUT2D eigenvalue weighted by atomic mass is 9.78. The SMILES string of the molecule is O=CC1(Cc2ccccc2[N+](=O)[O-])c2ccccc2C=CN1C(=O)c1ccccc1.